The number of fused-ring (bicyclic) bond motifs is 1. The lowest BCUT2D eigenvalue weighted by Gasteiger charge is -2.18. The van der Waals surface area contributed by atoms with Crippen molar-refractivity contribution in [2.45, 2.75) is 45.1 Å². The Morgan fingerprint density at radius 1 is 1.45 bits per heavy atom. The number of carbonyl (C=O) groups excluding carboxylic acids is 1. The number of anilines is 1. The number of para-hydroxylation sites is 1. The van der Waals surface area contributed by atoms with Crippen LogP contribution in [0.5, 0.6) is 0 Å². The normalized spacial score (nSPS) is 14.5. The molecule has 1 aromatic heterocycles. The second kappa shape index (κ2) is 5.99. The summed E-state index contributed by atoms with van der Waals surface area (Å²) in [5, 5.41) is 0. The van der Waals surface area contributed by atoms with E-state index in [1.54, 1.807) is 0 Å². The molecule has 2 aromatic rings. The number of aromatic nitrogens is 2. The highest BCUT2D eigenvalue weighted by atomic mass is 16.2. The molecule has 0 saturated heterocycles. The fourth-order valence-electron chi connectivity index (χ4n) is 2.78. The second-order valence-corrected chi connectivity index (χ2v) is 6.21. The Labute approximate surface area is 131 Å². The monoisotopic (exact) mass is 300 g/mol. The third-order valence-corrected chi connectivity index (χ3v) is 4.35. The molecule has 118 valence electrons. The molecule has 0 unspecified atom stereocenters. The predicted octanol–water partition coefficient (Wildman–Crippen LogP) is 2.75. The molecule has 3 rings (SSSR count). The first-order chi connectivity index (χ1) is 10.6. The van der Waals surface area contributed by atoms with Crippen molar-refractivity contribution in [1.82, 2.24) is 14.5 Å². The SMILES string of the molecule is CCCCN(C)C(=O)Cn1c(C2CC2)nc2c(N)cccc21. The van der Waals surface area contributed by atoms with Crippen LogP contribution >= 0.6 is 0 Å². The van der Waals surface area contributed by atoms with Gasteiger partial charge in [0.1, 0.15) is 17.9 Å². The minimum Gasteiger partial charge on any atom is -0.397 e. The highest BCUT2D eigenvalue weighted by Gasteiger charge is 2.30. The van der Waals surface area contributed by atoms with Crippen LogP contribution in [0.3, 0.4) is 0 Å². The molecule has 1 amide bonds. The van der Waals surface area contributed by atoms with Crippen molar-refractivity contribution < 1.29 is 4.79 Å². The van der Waals surface area contributed by atoms with Crippen LogP contribution in [0.4, 0.5) is 5.69 Å². The van der Waals surface area contributed by atoms with E-state index in [9.17, 15) is 4.79 Å². The van der Waals surface area contributed by atoms with E-state index in [0.29, 0.717) is 18.2 Å². The van der Waals surface area contributed by atoms with E-state index < -0.39 is 0 Å². The van der Waals surface area contributed by atoms with Crippen LogP contribution in [0.2, 0.25) is 0 Å². The molecule has 0 spiro atoms. The van der Waals surface area contributed by atoms with Gasteiger partial charge in [0.2, 0.25) is 5.91 Å². The quantitative estimate of drug-likeness (QED) is 0.834. The lowest BCUT2D eigenvalue weighted by molar-refractivity contribution is -0.130. The summed E-state index contributed by atoms with van der Waals surface area (Å²) in [6.07, 6.45) is 4.44. The number of rotatable bonds is 6. The molecule has 0 bridgehead atoms. The lowest BCUT2D eigenvalue weighted by Crippen LogP contribution is -2.31. The van der Waals surface area contributed by atoms with Crippen molar-refractivity contribution in [3.8, 4) is 0 Å². The average Bonchev–Trinajstić information content (AvgIpc) is 3.29. The van der Waals surface area contributed by atoms with Gasteiger partial charge in [-0.05, 0) is 31.4 Å². The molecule has 0 aliphatic heterocycles. The number of carbonyl (C=O) groups is 1. The summed E-state index contributed by atoms with van der Waals surface area (Å²) in [5.74, 6) is 1.64. The van der Waals surface area contributed by atoms with Gasteiger partial charge in [-0.25, -0.2) is 4.98 Å². The van der Waals surface area contributed by atoms with Crippen molar-refractivity contribution >= 4 is 22.6 Å². The molecule has 1 heterocycles. The van der Waals surface area contributed by atoms with E-state index in [0.717, 1.165) is 49.1 Å². The number of likely N-dealkylation sites (N-methyl/N-ethyl adjacent to an activating group) is 1. The Balaban J connectivity index is 1.90. The van der Waals surface area contributed by atoms with E-state index in [2.05, 4.69) is 11.5 Å². The fourth-order valence-corrected chi connectivity index (χ4v) is 2.78. The van der Waals surface area contributed by atoms with Crippen LogP contribution < -0.4 is 5.73 Å². The van der Waals surface area contributed by atoms with E-state index in [4.69, 9.17) is 10.7 Å². The van der Waals surface area contributed by atoms with Crippen molar-refractivity contribution in [2.75, 3.05) is 19.3 Å². The van der Waals surface area contributed by atoms with Gasteiger partial charge in [-0.15, -0.1) is 0 Å². The molecule has 1 aliphatic rings. The van der Waals surface area contributed by atoms with Crippen molar-refractivity contribution in [2.24, 2.45) is 0 Å². The number of amides is 1. The first-order valence-electron chi connectivity index (χ1n) is 8.10. The number of hydrogen-bond donors (Lipinski definition) is 1. The van der Waals surface area contributed by atoms with Crippen LogP contribution in [-0.4, -0.2) is 34.0 Å². The summed E-state index contributed by atoms with van der Waals surface area (Å²) in [5.41, 5.74) is 8.53. The highest BCUT2D eigenvalue weighted by molar-refractivity contribution is 5.89. The van der Waals surface area contributed by atoms with E-state index in [-0.39, 0.29) is 5.91 Å². The van der Waals surface area contributed by atoms with Gasteiger partial charge >= 0.3 is 0 Å². The summed E-state index contributed by atoms with van der Waals surface area (Å²) >= 11 is 0. The summed E-state index contributed by atoms with van der Waals surface area (Å²) < 4.78 is 2.06. The fraction of sp³-hybridized carbons (Fsp3) is 0.529. The van der Waals surface area contributed by atoms with Crippen LogP contribution in [-0.2, 0) is 11.3 Å². The average molecular weight is 300 g/mol. The molecule has 22 heavy (non-hydrogen) atoms. The van der Waals surface area contributed by atoms with E-state index >= 15 is 0 Å². The zero-order valence-corrected chi connectivity index (χ0v) is 13.4. The third-order valence-electron chi connectivity index (χ3n) is 4.35. The number of imidazole rings is 1. The topological polar surface area (TPSA) is 64.2 Å². The summed E-state index contributed by atoms with van der Waals surface area (Å²) in [7, 11) is 1.88. The van der Waals surface area contributed by atoms with E-state index in [1.807, 2.05) is 30.1 Å². The van der Waals surface area contributed by atoms with Crippen LogP contribution in [0.15, 0.2) is 18.2 Å². The zero-order chi connectivity index (χ0) is 15.7. The van der Waals surface area contributed by atoms with Crippen LogP contribution in [0.1, 0.15) is 44.3 Å². The molecule has 5 nitrogen and oxygen atoms in total. The minimum atomic E-state index is 0.136. The molecule has 5 heteroatoms. The van der Waals surface area contributed by atoms with Crippen LogP contribution in [0, 0.1) is 0 Å². The van der Waals surface area contributed by atoms with Gasteiger partial charge in [-0.3, -0.25) is 4.79 Å². The maximum absolute atomic E-state index is 12.5. The minimum absolute atomic E-state index is 0.136. The summed E-state index contributed by atoms with van der Waals surface area (Å²) in [4.78, 5) is 19.0. The van der Waals surface area contributed by atoms with Gasteiger partial charge in [0.15, 0.2) is 0 Å². The number of nitrogens with two attached hydrogens (primary N) is 1. The molecule has 1 aromatic carbocycles. The van der Waals surface area contributed by atoms with Crippen molar-refractivity contribution in [3.63, 3.8) is 0 Å². The number of nitrogen functional groups attached to an aromatic ring is 1. The van der Waals surface area contributed by atoms with Gasteiger partial charge in [0.25, 0.3) is 0 Å². The molecule has 2 N–H and O–H groups in total. The third kappa shape index (κ3) is 2.80. The maximum Gasteiger partial charge on any atom is 0.242 e. The molecule has 1 aliphatic carbocycles. The van der Waals surface area contributed by atoms with Gasteiger partial charge in [-0.2, -0.15) is 0 Å². The molecular formula is C17H24N4O. The van der Waals surface area contributed by atoms with Gasteiger partial charge in [0.05, 0.1) is 11.2 Å². The molecule has 0 radical (unpaired) electrons. The Bertz CT molecular complexity index is 687. The first-order valence-corrected chi connectivity index (χ1v) is 8.10. The summed E-state index contributed by atoms with van der Waals surface area (Å²) in [6, 6.07) is 5.80. The number of benzene rings is 1. The smallest absolute Gasteiger partial charge is 0.242 e. The Kier molecular flexibility index (Phi) is 4.05. The highest BCUT2D eigenvalue weighted by Crippen LogP contribution is 2.41. The lowest BCUT2D eigenvalue weighted by atomic mass is 10.2. The van der Waals surface area contributed by atoms with Crippen LogP contribution in [0.25, 0.3) is 11.0 Å². The van der Waals surface area contributed by atoms with Crippen molar-refractivity contribution in [3.05, 3.63) is 24.0 Å². The maximum atomic E-state index is 12.5. The van der Waals surface area contributed by atoms with Crippen molar-refractivity contribution in [1.29, 1.82) is 0 Å². The number of nitrogens with zero attached hydrogens (tertiary/aromatic N) is 3. The molecular weight excluding hydrogens is 276 g/mol. The standard InChI is InChI=1S/C17H24N4O/c1-3-4-10-20(2)15(22)11-21-14-7-5-6-13(18)16(14)19-17(21)12-8-9-12/h5-7,12H,3-4,8-11,18H2,1-2H3. The number of hydrogen-bond acceptors (Lipinski definition) is 3. The zero-order valence-electron chi connectivity index (χ0n) is 13.4. The molecule has 1 fully saturated rings. The number of unbranched alkanes of at least 4 members (excludes halogenated alkanes) is 1. The largest absolute Gasteiger partial charge is 0.397 e. The predicted molar refractivity (Wildman–Crippen MR) is 88.7 cm³/mol. The van der Waals surface area contributed by atoms with Gasteiger partial charge in [-0.1, -0.05) is 19.4 Å². The van der Waals surface area contributed by atoms with Gasteiger partial charge in [0, 0.05) is 19.5 Å². The molecule has 0 atom stereocenters. The molecule has 1 saturated carbocycles. The Morgan fingerprint density at radius 3 is 2.91 bits per heavy atom. The Hall–Kier alpha value is -2.04. The van der Waals surface area contributed by atoms with E-state index in [1.165, 1.54) is 0 Å². The Morgan fingerprint density at radius 2 is 2.23 bits per heavy atom. The first kappa shape index (κ1) is 14.9. The summed E-state index contributed by atoms with van der Waals surface area (Å²) in [6.45, 7) is 3.30. The van der Waals surface area contributed by atoms with Gasteiger partial charge < -0.3 is 15.2 Å². The second-order valence-electron chi connectivity index (χ2n) is 6.21.